The molecule has 0 unspecified atom stereocenters. The van der Waals surface area contributed by atoms with Gasteiger partial charge >= 0.3 is 0 Å². The van der Waals surface area contributed by atoms with E-state index in [0.717, 1.165) is 26.8 Å². The van der Waals surface area contributed by atoms with Crippen LogP contribution in [0.15, 0.2) is 82.2 Å². The first-order chi connectivity index (χ1) is 22.5. The Morgan fingerprint density at radius 3 is 2.57 bits per heavy atom. The number of ether oxygens (including phenoxy) is 1. The number of hydrogen-bond acceptors (Lipinski definition) is 7. The summed E-state index contributed by atoms with van der Waals surface area (Å²) in [5.74, 6) is -0.438. The van der Waals surface area contributed by atoms with Crippen LogP contribution in [0.5, 0.6) is 0 Å². The lowest BCUT2D eigenvalue weighted by atomic mass is 9.82. The number of fused-ring (bicyclic) bond motifs is 3. The van der Waals surface area contributed by atoms with E-state index >= 15 is 0 Å². The van der Waals surface area contributed by atoms with E-state index in [-0.39, 0.29) is 35.6 Å². The zero-order valence-corrected chi connectivity index (χ0v) is 29.0. The lowest BCUT2D eigenvalue weighted by Crippen LogP contribution is -2.46. The summed E-state index contributed by atoms with van der Waals surface area (Å²) in [4.78, 5) is 41.1. The van der Waals surface area contributed by atoms with Crippen molar-refractivity contribution >= 4 is 46.7 Å². The standard InChI is InChI=1S/C34H37BrN6O5Si/c1-21-31(47(2,3)45)30(14-16-39-20-24(15-17-42)36-38-39)46-34(21)27-18-23(35)10-13-29(27)40(33(34)44)19-22-8-11-25(12-9-22)41-32(43)26-6-4-5-7-28(26)37-41/h4-13,18,20-21,30-31,37,42,45H,14-17,19H2,1-3H3/t21-,30+,31-,34+/m1/s1. The first-order valence-corrected chi connectivity index (χ1v) is 19.6. The third kappa shape index (κ3) is 5.39. The molecule has 0 bridgehead atoms. The number of halogens is 1. The van der Waals surface area contributed by atoms with Crippen LogP contribution in [0.1, 0.15) is 30.2 Å². The fourth-order valence-corrected chi connectivity index (χ4v) is 10.6. The number of aromatic nitrogens is 5. The zero-order chi connectivity index (χ0) is 33.1. The Morgan fingerprint density at radius 2 is 1.85 bits per heavy atom. The van der Waals surface area contributed by atoms with Crippen LogP contribution in [0.3, 0.4) is 0 Å². The first-order valence-electron chi connectivity index (χ1n) is 15.8. The number of aliphatic hydroxyl groups excluding tert-OH is 1. The third-order valence-electron chi connectivity index (χ3n) is 9.67. The molecular formula is C34H37BrN6O5Si. The number of amides is 1. The molecule has 1 spiro atoms. The Bertz CT molecular complexity index is 2020. The van der Waals surface area contributed by atoms with Crippen molar-refractivity contribution < 1.29 is 19.4 Å². The molecular weight excluding hydrogens is 680 g/mol. The molecule has 0 saturated carbocycles. The predicted molar refractivity (Wildman–Crippen MR) is 184 cm³/mol. The van der Waals surface area contributed by atoms with Crippen molar-refractivity contribution in [2.45, 2.75) is 63.2 Å². The molecule has 0 radical (unpaired) electrons. The van der Waals surface area contributed by atoms with Crippen molar-refractivity contribution in [3.63, 3.8) is 0 Å². The predicted octanol–water partition coefficient (Wildman–Crippen LogP) is 4.64. The van der Waals surface area contributed by atoms with E-state index < -0.39 is 13.9 Å². The van der Waals surface area contributed by atoms with Gasteiger partial charge in [0.05, 0.1) is 40.6 Å². The number of benzene rings is 3. The topological polar surface area (TPSA) is 138 Å². The fourth-order valence-electron chi connectivity index (χ4n) is 7.59. The zero-order valence-electron chi connectivity index (χ0n) is 26.4. The van der Waals surface area contributed by atoms with E-state index in [9.17, 15) is 19.5 Å². The maximum Gasteiger partial charge on any atom is 0.279 e. The number of nitrogens with zero attached hydrogens (tertiary/aromatic N) is 5. The Morgan fingerprint density at radius 1 is 1.09 bits per heavy atom. The molecule has 2 aromatic heterocycles. The number of aryl methyl sites for hydroxylation is 1. The number of carbonyl (C=O) groups is 1. The summed E-state index contributed by atoms with van der Waals surface area (Å²) in [5.41, 5.74) is 3.05. The smallest absolute Gasteiger partial charge is 0.279 e. The van der Waals surface area contributed by atoms with Gasteiger partial charge < -0.3 is 19.5 Å². The highest BCUT2D eigenvalue weighted by Gasteiger charge is 2.66. The largest absolute Gasteiger partial charge is 0.432 e. The summed E-state index contributed by atoms with van der Waals surface area (Å²) in [5, 5.41) is 21.4. The molecule has 4 atom stereocenters. The maximum atomic E-state index is 14.7. The van der Waals surface area contributed by atoms with Crippen LogP contribution >= 0.6 is 15.9 Å². The van der Waals surface area contributed by atoms with Crippen molar-refractivity contribution in [3.8, 4) is 5.69 Å². The minimum atomic E-state index is -2.82. The summed E-state index contributed by atoms with van der Waals surface area (Å²) >= 11 is 3.62. The number of rotatable bonds is 9. The fraction of sp³-hybridized carbons (Fsp3) is 0.353. The van der Waals surface area contributed by atoms with Gasteiger partial charge in [0, 0.05) is 47.3 Å². The SMILES string of the molecule is C[C@@H]1[C@@H]([Si](C)(C)O)[C@H](CCn2cc(CCO)nn2)O[C@@]12C(=O)N(Cc1ccc(-n3[nH]c4ccccc4c3=O)cc1)c1ccc(Br)cc12. The van der Waals surface area contributed by atoms with Gasteiger partial charge in [-0.3, -0.25) is 19.4 Å². The minimum absolute atomic E-state index is 0.00131. The molecule has 5 aromatic rings. The second-order valence-electron chi connectivity index (χ2n) is 13.1. The molecule has 3 aromatic carbocycles. The van der Waals surface area contributed by atoms with Crippen LogP contribution in [0.25, 0.3) is 16.6 Å². The van der Waals surface area contributed by atoms with Gasteiger partial charge in [0.2, 0.25) is 0 Å². The Labute approximate surface area is 281 Å². The summed E-state index contributed by atoms with van der Waals surface area (Å²) < 4.78 is 11.0. The number of para-hydroxylation sites is 1. The Hall–Kier alpha value is -3.88. The molecule has 4 heterocycles. The van der Waals surface area contributed by atoms with Crippen molar-refractivity contribution in [2.24, 2.45) is 5.92 Å². The molecule has 47 heavy (non-hydrogen) atoms. The van der Waals surface area contributed by atoms with Gasteiger partial charge in [-0.05, 0) is 67.5 Å². The van der Waals surface area contributed by atoms with Gasteiger partial charge in [-0.25, -0.2) is 4.68 Å². The molecule has 244 valence electrons. The lowest BCUT2D eigenvalue weighted by Gasteiger charge is -2.32. The number of anilines is 1. The van der Waals surface area contributed by atoms with Crippen molar-refractivity contribution in [2.75, 3.05) is 11.5 Å². The van der Waals surface area contributed by atoms with Crippen LogP contribution < -0.4 is 10.5 Å². The average Bonchev–Trinajstić information content (AvgIpc) is 3.77. The Kier molecular flexibility index (Phi) is 8.08. The molecule has 1 saturated heterocycles. The highest BCUT2D eigenvalue weighted by atomic mass is 79.9. The molecule has 1 fully saturated rings. The van der Waals surface area contributed by atoms with E-state index in [1.807, 2.05) is 86.9 Å². The van der Waals surface area contributed by atoms with E-state index in [2.05, 4.69) is 31.3 Å². The third-order valence-corrected chi connectivity index (χ3v) is 12.7. The van der Waals surface area contributed by atoms with E-state index in [4.69, 9.17) is 4.74 Å². The number of aliphatic hydroxyl groups is 1. The average molecular weight is 718 g/mol. The molecule has 0 aliphatic carbocycles. The normalized spacial score (nSPS) is 22.6. The van der Waals surface area contributed by atoms with Gasteiger partial charge in [-0.2, -0.15) is 0 Å². The number of aromatic amines is 1. The van der Waals surface area contributed by atoms with Crippen LogP contribution in [0.2, 0.25) is 18.6 Å². The highest BCUT2D eigenvalue weighted by molar-refractivity contribution is 9.10. The van der Waals surface area contributed by atoms with E-state index in [0.29, 0.717) is 42.7 Å². The Balaban J connectivity index is 1.19. The molecule has 2 aliphatic heterocycles. The highest BCUT2D eigenvalue weighted by Crippen LogP contribution is 2.60. The van der Waals surface area contributed by atoms with Gasteiger partial charge in [0.1, 0.15) is 0 Å². The first kappa shape index (κ1) is 31.7. The maximum absolute atomic E-state index is 14.7. The van der Waals surface area contributed by atoms with Crippen molar-refractivity contribution in [1.29, 1.82) is 0 Å². The molecule has 13 heteroatoms. The summed E-state index contributed by atoms with van der Waals surface area (Å²) in [6.07, 6.45) is 2.41. The van der Waals surface area contributed by atoms with Gasteiger partial charge in [-0.1, -0.05) is 52.3 Å². The quantitative estimate of drug-likeness (QED) is 0.189. The van der Waals surface area contributed by atoms with Crippen LogP contribution in [-0.2, 0) is 34.6 Å². The van der Waals surface area contributed by atoms with E-state index in [1.165, 1.54) is 4.68 Å². The molecule has 3 N–H and O–H groups in total. The molecule has 2 aliphatic rings. The summed E-state index contributed by atoms with van der Waals surface area (Å²) in [6.45, 7) is 6.67. The van der Waals surface area contributed by atoms with Gasteiger partial charge in [0.15, 0.2) is 13.9 Å². The second-order valence-corrected chi connectivity index (χ2v) is 18.0. The number of carbonyl (C=O) groups excluding carboxylic acids is 1. The molecule has 7 rings (SSSR count). The minimum Gasteiger partial charge on any atom is -0.432 e. The number of nitrogens with one attached hydrogen (secondary N) is 1. The van der Waals surface area contributed by atoms with Crippen LogP contribution in [0, 0.1) is 5.92 Å². The number of hydrogen-bond donors (Lipinski definition) is 3. The van der Waals surface area contributed by atoms with Gasteiger partial charge in [0.25, 0.3) is 11.5 Å². The summed E-state index contributed by atoms with van der Waals surface area (Å²) in [7, 11) is -2.82. The molecule has 11 nitrogen and oxygen atoms in total. The van der Waals surface area contributed by atoms with Crippen molar-refractivity contribution in [3.05, 3.63) is 105 Å². The van der Waals surface area contributed by atoms with E-state index in [1.54, 1.807) is 15.6 Å². The second kappa shape index (κ2) is 12.0. The van der Waals surface area contributed by atoms with Crippen LogP contribution in [0.4, 0.5) is 5.69 Å². The number of H-pyrrole nitrogens is 1. The summed E-state index contributed by atoms with van der Waals surface area (Å²) in [6, 6.07) is 20.9. The van der Waals surface area contributed by atoms with Crippen LogP contribution in [-0.4, -0.2) is 61.6 Å². The van der Waals surface area contributed by atoms with Gasteiger partial charge in [-0.15, -0.1) is 5.10 Å². The lowest BCUT2D eigenvalue weighted by molar-refractivity contribution is -0.146. The monoisotopic (exact) mass is 716 g/mol. The van der Waals surface area contributed by atoms with Crippen molar-refractivity contribution in [1.82, 2.24) is 24.8 Å². The molecule has 1 amide bonds.